The van der Waals surface area contributed by atoms with Crippen molar-refractivity contribution in [3.8, 4) is 22.6 Å². The minimum Gasteiger partial charge on any atom is -0.497 e. The van der Waals surface area contributed by atoms with Gasteiger partial charge in [0.25, 0.3) is 0 Å². The van der Waals surface area contributed by atoms with Crippen molar-refractivity contribution in [3.63, 3.8) is 0 Å². The van der Waals surface area contributed by atoms with Gasteiger partial charge in [-0.05, 0) is 62.7 Å². The number of aliphatic hydroxyl groups excluding tert-OH is 1. The number of aromatic amines is 1. The number of aliphatic hydroxyl groups is 1. The summed E-state index contributed by atoms with van der Waals surface area (Å²) in [7, 11) is 5.32. The number of hydrogen-bond acceptors (Lipinski definition) is 10. The summed E-state index contributed by atoms with van der Waals surface area (Å²) in [6.45, 7) is 8.27. The maximum absolute atomic E-state index is 12.5. The highest BCUT2D eigenvalue weighted by Gasteiger charge is 2.25. The van der Waals surface area contributed by atoms with E-state index in [0.29, 0.717) is 47.4 Å². The average Bonchev–Trinajstić information content (AvgIpc) is 3.05. The molecule has 1 atom stereocenters. The minimum absolute atomic E-state index is 0.0654. The van der Waals surface area contributed by atoms with Crippen LogP contribution < -0.4 is 25.7 Å². The molecule has 0 saturated heterocycles. The zero-order chi connectivity index (χ0) is 32.4. The first-order valence-electron chi connectivity index (χ1n) is 15.6. The summed E-state index contributed by atoms with van der Waals surface area (Å²) in [5.74, 6) is 2.30. The molecule has 3 aromatic heterocycles. The number of H-pyrrole nitrogens is 1. The molecule has 1 aromatic carbocycles. The first kappa shape index (κ1) is 33.7. The van der Waals surface area contributed by atoms with Crippen LogP contribution in [0.1, 0.15) is 64.0 Å². The molecule has 0 aliphatic rings. The number of unbranched alkanes of at least 4 members (excludes halogenated alkanes) is 2. The molecule has 4 rings (SSSR count). The molecule has 11 heteroatoms. The second kappa shape index (κ2) is 15.7. The first-order chi connectivity index (χ1) is 21.7. The van der Waals surface area contributed by atoms with Gasteiger partial charge in [-0.1, -0.05) is 33.1 Å². The van der Waals surface area contributed by atoms with Crippen molar-refractivity contribution < 1.29 is 14.6 Å². The predicted octanol–water partition coefficient (Wildman–Crippen LogP) is 5.59. The van der Waals surface area contributed by atoms with Crippen molar-refractivity contribution in [2.45, 2.75) is 71.5 Å². The predicted molar refractivity (Wildman–Crippen MR) is 180 cm³/mol. The van der Waals surface area contributed by atoms with Gasteiger partial charge in [0.1, 0.15) is 17.0 Å². The van der Waals surface area contributed by atoms with Crippen LogP contribution in [0.4, 0.5) is 11.8 Å². The Morgan fingerprint density at radius 1 is 1.04 bits per heavy atom. The molecule has 45 heavy (non-hydrogen) atoms. The number of methoxy groups -OCH3 is 2. The Balaban J connectivity index is 1.77. The van der Waals surface area contributed by atoms with E-state index in [4.69, 9.17) is 24.4 Å². The van der Waals surface area contributed by atoms with Crippen LogP contribution in [0.3, 0.4) is 0 Å². The smallest absolute Gasteiger partial charge is 0.248 e. The number of ether oxygens (including phenoxy) is 2. The quantitative estimate of drug-likeness (QED) is 0.119. The van der Waals surface area contributed by atoms with E-state index in [-0.39, 0.29) is 12.2 Å². The van der Waals surface area contributed by atoms with Crippen LogP contribution in [0, 0.1) is 0 Å². The maximum Gasteiger partial charge on any atom is 0.248 e. The second-order valence-corrected chi connectivity index (χ2v) is 11.8. The highest BCUT2D eigenvalue weighted by atomic mass is 16.5. The van der Waals surface area contributed by atoms with Gasteiger partial charge in [-0.2, -0.15) is 4.98 Å². The van der Waals surface area contributed by atoms with Crippen LogP contribution in [-0.2, 0) is 13.1 Å². The number of anilines is 2. The van der Waals surface area contributed by atoms with E-state index in [1.165, 1.54) is 0 Å². The lowest BCUT2D eigenvalue weighted by Gasteiger charge is -2.29. The highest BCUT2D eigenvalue weighted by Crippen LogP contribution is 2.31. The Morgan fingerprint density at radius 2 is 1.84 bits per heavy atom. The first-order valence-corrected chi connectivity index (χ1v) is 15.6. The molecular weight excluding hydrogens is 570 g/mol. The summed E-state index contributed by atoms with van der Waals surface area (Å²) in [6.07, 6.45) is 8.48. The Labute approximate surface area is 265 Å². The van der Waals surface area contributed by atoms with E-state index in [0.717, 1.165) is 60.9 Å². The number of aromatic nitrogens is 4. The number of hydrogen-bond donors (Lipinski definition) is 4. The van der Waals surface area contributed by atoms with E-state index in [2.05, 4.69) is 41.4 Å². The van der Waals surface area contributed by atoms with Crippen molar-refractivity contribution in [3.05, 3.63) is 64.2 Å². The fraction of sp³-hybridized carbons (Fsp3) is 0.471. The molecular formula is C34H47N7O4. The Morgan fingerprint density at radius 3 is 2.56 bits per heavy atom. The molecule has 3 heterocycles. The normalized spacial score (nSPS) is 12.7. The van der Waals surface area contributed by atoms with E-state index >= 15 is 0 Å². The van der Waals surface area contributed by atoms with Crippen LogP contribution in [-0.4, -0.2) is 69.9 Å². The Bertz CT molecular complexity index is 1630. The van der Waals surface area contributed by atoms with Crippen LogP contribution >= 0.6 is 0 Å². The van der Waals surface area contributed by atoms with Crippen molar-refractivity contribution in [1.29, 1.82) is 0 Å². The molecule has 0 radical (unpaired) electrons. The number of fused-ring (bicyclic) bond motifs is 1. The average molecular weight is 618 g/mol. The number of rotatable bonds is 17. The van der Waals surface area contributed by atoms with Gasteiger partial charge in [0.15, 0.2) is 5.82 Å². The second-order valence-electron chi connectivity index (χ2n) is 11.8. The molecule has 0 saturated carbocycles. The lowest BCUT2D eigenvalue weighted by molar-refractivity contribution is 0.212. The van der Waals surface area contributed by atoms with Gasteiger partial charge in [-0.3, -0.25) is 9.78 Å². The zero-order valence-corrected chi connectivity index (χ0v) is 27.4. The molecule has 0 aliphatic carbocycles. The molecule has 0 spiro atoms. The van der Waals surface area contributed by atoms with Gasteiger partial charge >= 0.3 is 0 Å². The van der Waals surface area contributed by atoms with E-state index in [1.54, 1.807) is 32.7 Å². The lowest BCUT2D eigenvalue weighted by Crippen LogP contribution is -2.39. The molecule has 1 unspecified atom stereocenters. The summed E-state index contributed by atoms with van der Waals surface area (Å²) in [4.78, 5) is 32.0. The lowest BCUT2D eigenvalue weighted by atomic mass is 9.96. The molecule has 4 N–H and O–H groups in total. The number of nitrogens with one attached hydrogen (secondary N) is 3. The van der Waals surface area contributed by atoms with Crippen LogP contribution in [0.5, 0.6) is 11.5 Å². The fourth-order valence-electron chi connectivity index (χ4n) is 5.24. The van der Waals surface area contributed by atoms with Gasteiger partial charge < -0.3 is 35.1 Å². The molecule has 0 aliphatic heterocycles. The van der Waals surface area contributed by atoms with Gasteiger partial charge in [0.05, 0.1) is 31.9 Å². The standard InChI is InChI=1S/C34H47N7O4/c1-7-9-13-34(3,22-42)40-32-31-28(38-33(39-32)37-18-23-11-12-26(44-5)16-29(23)45-6)15-24(19-36-31)27-17-30(43)35-20-25(27)21-41(4)14-10-8-2/h11-12,15-17,19-20,42H,7-10,13-14,18,21-22H2,1-6H3,(H,35,43)(H2,37,38,39,40). The number of pyridine rings is 2. The summed E-state index contributed by atoms with van der Waals surface area (Å²) in [5.41, 5.74) is 3.91. The van der Waals surface area contributed by atoms with Gasteiger partial charge in [0.2, 0.25) is 11.5 Å². The Kier molecular flexibility index (Phi) is 11.7. The van der Waals surface area contributed by atoms with Crippen molar-refractivity contribution in [2.75, 3.05) is 45.1 Å². The van der Waals surface area contributed by atoms with E-state index in [9.17, 15) is 9.90 Å². The third kappa shape index (κ3) is 8.70. The van der Waals surface area contributed by atoms with Crippen LogP contribution in [0.15, 0.2) is 47.5 Å². The third-order valence-electron chi connectivity index (χ3n) is 7.97. The summed E-state index contributed by atoms with van der Waals surface area (Å²) in [6, 6.07) is 9.21. The van der Waals surface area contributed by atoms with Crippen LogP contribution in [0.2, 0.25) is 0 Å². The van der Waals surface area contributed by atoms with Crippen molar-refractivity contribution >= 4 is 22.8 Å². The monoisotopic (exact) mass is 617 g/mol. The summed E-state index contributed by atoms with van der Waals surface area (Å²) >= 11 is 0. The number of benzene rings is 1. The summed E-state index contributed by atoms with van der Waals surface area (Å²) in [5, 5.41) is 17.2. The summed E-state index contributed by atoms with van der Waals surface area (Å²) < 4.78 is 10.9. The molecule has 242 valence electrons. The maximum atomic E-state index is 12.5. The zero-order valence-electron chi connectivity index (χ0n) is 27.4. The molecule has 4 aromatic rings. The van der Waals surface area contributed by atoms with Crippen molar-refractivity contribution in [1.82, 2.24) is 24.8 Å². The van der Waals surface area contributed by atoms with Gasteiger partial charge in [0, 0.05) is 48.7 Å². The largest absolute Gasteiger partial charge is 0.497 e. The molecule has 0 fully saturated rings. The molecule has 11 nitrogen and oxygen atoms in total. The van der Waals surface area contributed by atoms with Gasteiger partial charge in [-0.25, -0.2) is 4.98 Å². The van der Waals surface area contributed by atoms with Gasteiger partial charge in [-0.15, -0.1) is 0 Å². The van der Waals surface area contributed by atoms with E-state index in [1.807, 2.05) is 31.2 Å². The molecule has 0 bridgehead atoms. The molecule has 0 amide bonds. The Hall–Kier alpha value is -4.22. The van der Waals surface area contributed by atoms with E-state index < -0.39 is 5.54 Å². The van der Waals surface area contributed by atoms with Crippen LogP contribution in [0.25, 0.3) is 22.2 Å². The third-order valence-corrected chi connectivity index (χ3v) is 7.97. The topological polar surface area (TPSA) is 138 Å². The SMILES string of the molecule is CCCCN(C)Cc1c[nH]c(=O)cc1-c1cnc2c(NC(C)(CO)CCCC)nc(NCc3ccc(OC)cc3OC)nc2c1. The minimum atomic E-state index is -0.600. The number of nitrogens with zero attached hydrogens (tertiary/aromatic N) is 4. The van der Waals surface area contributed by atoms with Crippen molar-refractivity contribution in [2.24, 2.45) is 0 Å². The highest BCUT2D eigenvalue weighted by molar-refractivity contribution is 5.89. The fourth-order valence-corrected chi connectivity index (χ4v) is 5.24.